The molecule has 0 aliphatic carbocycles. The maximum atomic E-state index is 12.7. The lowest BCUT2D eigenvalue weighted by Crippen LogP contribution is -2.29. The van der Waals surface area contributed by atoms with Gasteiger partial charge in [0, 0.05) is 17.7 Å². The smallest absolute Gasteiger partial charge is 0.266 e. The van der Waals surface area contributed by atoms with Crippen molar-refractivity contribution in [1.82, 2.24) is 0 Å². The molecule has 1 N–H and O–H groups in total. The highest BCUT2D eigenvalue weighted by molar-refractivity contribution is 6.40. The second-order valence-corrected chi connectivity index (χ2v) is 7.70. The van der Waals surface area contributed by atoms with Crippen LogP contribution in [0.25, 0.3) is 0 Å². The van der Waals surface area contributed by atoms with E-state index in [4.69, 9.17) is 16.3 Å². The Morgan fingerprint density at radius 2 is 1.58 bits per heavy atom. The van der Waals surface area contributed by atoms with E-state index in [9.17, 15) is 19.2 Å². The Morgan fingerprint density at radius 1 is 0.939 bits per heavy atom. The second-order valence-electron chi connectivity index (χ2n) is 7.30. The normalized spacial score (nSPS) is 12.5. The number of ketones is 1. The zero-order chi connectivity index (χ0) is 23.5. The van der Waals surface area contributed by atoms with Crippen LogP contribution in [-0.2, 0) is 4.79 Å². The van der Waals surface area contributed by atoms with Crippen molar-refractivity contribution in [2.75, 3.05) is 16.8 Å². The molecule has 0 atom stereocenters. The highest BCUT2D eigenvalue weighted by Gasteiger charge is 2.37. The third-order valence-corrected chi connectivity index (χ3v) is 5.44. The summed E-state index contributed by atoms with van der Waals surface area (Å²) in [7, 11) is 0. The summed E-state index contributed by atoms with van der Waals surface area (Å²) < 4.78 is 5.45. The molecule has 1 heterocycles. The average molecular weight is 463 g/mol. The van der Waals surface area contributed by atoms with Crippen molar-refractivity contribution in [3.05, 3.63) is 88.4 Å². The van der Waals surface area contributed by atoms with Gasteiger partial charge in [-0.05, 0) is 54.6 Å². The number of amides is 3. The van der Waals surface area contributed by atoms with Gasteiger partial charge in [-0.1, -0.05) is 30.7 Å². The molecule has 0 spiro atoms. The minimum atomic E-state index is -0.450. The Hall–Kier alpha value is -3.97. The Morgan fingerprint density at radius 3 is 2.15 bits per heavy atom. The number of carbonyl (C=O) groups excluding carboxylic acids is 4. The largest absolute Gasteiger partial charge is 0.484 e. The number of fused-ring (bicyclic) bond motifs is 1. The summed E-state index contributed by atoms with van der Waals surface area (Å²) in [6.07, 6.45) is 0.414. The van der Waals surface area contributed by atoms with E-state index in [1.54, 1.807) is 61.5 Å². The van der Waals surface area contributed by atoms with Gasteiger partial charge in [-0.15, -0.1) is 0 Å². The Bertz CT molecular complexity index is 1240. The van der Waals surface area contributed by atoms with Crippen molar-refractivity contribution in [3.8, 4) is 5.75 Å². The van der Waals surface area contributed by atoms with E-state index in [-0.39, 0.29) is 23.1 Å². The molecule has 4 rings (SSSR count). The third-order valence-electron chi connectivity index (χ3n) is 5.13. The van der Waals surface area contributed by atoms with Gasteiger partial charge in [-0.3, -0.25) is 19.2 Å². The topological polar surface area (TPSA) is 92.8 Å². The van der Waals surface area contributed by atoms with E-state index in [0.717, 1.165) is 4.90 Å². The fourth-order valence-corrected chi connectivity index (χ4v) is 3.73. The average Bonchev–Trinajstić information content (AvgIpc) is 3.08. The molecular weight excluding hydrogens is 444 g/mol. The van der Waals surface area contributed by atoms with Gasteiger partial charge in [-0.2, -0.15) is 0 Å². The van der Waals surface area contributed by atoms with Crippen molar-refractivity contribution < 1.29 is 23.9 Å². The number of carbonyl (C=O) groups is 4. The van der Waals surface area contributed by atoms with Gasteiger partial charge >= 0.3 is 0 Å². The molecule has 0 saturated carbocycles. The van der Waals surface area contributed by atoms with Crippen LogP contribution in [0.5, 0.6) is 5.75 Å². The quantitative estimate of drug-likeness (QED) is 0.404. The zero-order valence-corrected chi connectivity index (χ0v) is 18.4. The number of hydrogen-bond donors (Lipinski definition) is 1. The predicted molar refractivity (Wildman–Crippen MR) is 124 cm³/mol. The van der Waals surface area contributed by atoms with E-state index < -0.39 is 17.7 Å². The number of ether oxygens (including phenoxy) is 1. The van der Waals surface area contributed by atoms with Gasteiger partial charge in [0.05, 0.1) is 21.8 Å². The van der Waals surface area contributed by atoms with Crippen LogP contribution in [0.2, 0.25) is 5.02 Å². The van der Waals surface area contributed by atoms with Crippen molar-refractivity contribution in [3.63, 3.8) is 0 Å². The van der Waals surface area contributed by atoms with Gasteiger partial charge in [0.15, 0.2) is 12.4 Å². The molecule has 7 nitrogen and oxygen atoms in total. The molecule has 0 radical (unpaired) electrons. The molecule has 3 amide bonds. The summed E-state index contributed by atoms with van der Waals surface area (Å²) >= 11 is 6.34. The highest BCUT2D eigenvalue weighted by atomic mass is 35.5. The van der Waals surface area contributed by atoms with Gasteiger partial charge in [0.2, 0.25) is 0 Å². The molecular formula is C25H19ClN2O5. The summed E-state index contributed by atoms with van der Waals surface area (Å²) in [5, 5.41) is 2.80. The standard InChI is InChI=1S/C25H19ClN2O5/c1-2-22(29)15-7-10-17(11-8-15)33-14-23(30)27-16-9-12-21(20(26)13-16)28-24(31)18-5-3-4-6-19(18)25(28)32/h3-13H,2,14H2,1H3,(H,27,30). The molecule has 3 aromatic carbocycles. The minimum Gasteiger partial charge on any atom is -0.484 e. The number of rotatable bonds is 7. The molecule has 0 unspecified atom stereocenters. The molecule has 0 saturated heterocycles. The Kier molecular flexibility index (Phi) is 6.24. The highest BCUT2D eigenvalue weighted by Crippen LogP contribution is 2.34. The van der Waals surface area contributed by atoms with Crippen LogP contribution in [0.15, 0.2) is 66.7 Å². The van der Waals surface area contributed by atoms with E-state index in [1.807, 2.05) is 0 Å². The van der Waals surface area contributed by atoms with E-state index in [1.165, 1.54) is 12.1 Å². The molecule has 0 aromatic heterocycles. The maximum absolute atomic E-state index is 12.7. The number of nitrogens with zero attached hydrogens (tertiary/aromatic N) is 1. The lowest BCUT2D eigenvalue weighted by molar-refractivity contribution is -0.118. The van der Waals surface area contributed by atoms with E-state index in [0.29, 0.717) is 34.5 Å². The van der Waals surface area contributed by atoms with Gasteiger partial charge in [-0.25, -0.2) is 4.90 Å². The second kappa shape index (κ2) is 9.26. The molecule has 8 heteroatoms. The molecule has 33 heavy (non-hydrogen) atoms. The number of halogens is 1. The Balaban J connectivity index is 1.40. The summed E-state index contributed by atoms with van der Waals surface area (Å²) in [5.74, 6) is -0.838. The zero-order valence-electron chi connectivity index (χ0n) is 17.6. The third kappa shape index (κ3) is 4.49. The first-order valence-electron chi connectivity index (χ1n) is 10.2. The first kappa shape index (κ1) is 22.2. The van der Waals surface area contributed by atoms with Crippen LogP contribution in [-0.4, -0.2) is 30.1 Å². The number of Topliss-reactive ketones (excluding diaryl/α,β-unsaturated/α-hetero) is 1. The van der Waals surface area contributed by atoms with Crippen molar-refractivity contribution >= 4 is 46.5 Å². The van der Waals surface area contributed by atoms with Gasteiger partial charge in [0.25, 0.3) is 17.7 Å². The Labute approximate surface area is 194 Å². The first-order chi connectivity index (χ1) is 15.9. The molecule has 0 fully saturated rings. The van der Waals surface area contributed by atoms with Crippen molar-refractivity contribution in [1.29, 1.82) is 0 Å². The van der Waals surface area contributed by atoms with Gasteiger partial charge in [0.1, 0.15) is 5.75 Å². The predicted octanol–water partition coefficient (Wildman–Crippen LogP) is 4.75. The molecule has 3 aromatic rings. The maximum Gasteiger partial charge on any atom is 0.266 e. The molecule has 1 aliphatic rings. The van der Waals surface area contributed by atoms with E-state index in [2.05, 4.69) is 5.32 Å². The fraction of sp³-hybridized carbons (Fsp3) is 0.120. The summed E-state index contributed by atoms with van der Waals surface area (Å²) in [4.78, 5) is 50.3. The summed E-state index contributed by atoms with van der Waals surface area (Å²) in [5.41, 5.74) is 1.85. The fourth-order valence-electron chi connectivity index (χ4n) is 3.46. The number of anilines is 2. The number of benzene rings is 3. The van der Waals surface area contributed by atoms with Crippen LogP contribution in [0.3, 0.4) is 0 Å². The molecule has 1 aliphatic heterocycles. The van der Waals surface area contributed by atoms with Gasteiger partial charge < -0.3 is 10.1 Å². The van der Waals surface area contributed by atoms with E-state index >= 15 is 0 Å². The lowest BCUT2D eigenvalue weighted by atomic mass is 10.1. The number of hydrogen-bond acceptors (Lipinski definition) is 5. The van der Waals surface area contributed by atoms with Crippen LogP contribution >= 0.6 is 11.6 Å². The summed E-state index contributed by atoms with van der Waals surface area (Å²) in [6.45, 7) is 1.54. The first-order valence-corrected chi connectivity index (χ1v) is 10.6. The van der Waals surface area contributed by atoms with Crippen LogP contribution < -0.4 is 15.0 Å². The molecule has 0 bridgehead atoms. The number of imide groups is 1. The monoisotopic (exact) mass is 462 g/mol. The molecule has 166 valence electrons. The van der Waals surface area contributed by atoms with Crippen LogP contribution in [0.4, 0.5) is 11.4 Å². The van der Waals surface area contributed by atoms with Crippen LogP contribution in [0, 0.1) is 0 Å². The number of nitrogens with one attached hydrogen (secondary N) is 1. The summed E-state index contributed by atoms with van der Waals surface area (Å²) in [6, 6.07) is 17.6. The minimum absolute atomic E-state index is 0.0285. The lowest BCUT2D eigenvalue weighted by Gasteiger charge is -2.16. The SMILES string of the molecule is CCC(=O)c1ccc(OCC(=O)Nc2ccc(N3C(=O)c4ccccc4C3=O)c(Cl)c2)cc1. The van der Waals surface area contributed by atoms with Crippen molar-refractivity contribution in [2.45, 2.75) is 13.3 Å². The van der Waals surface area contributed by atoms with Crippen LogP contribution in [0.1, 0.15) is 44.4 Å². The van der Waals surface area contributed by atoms with Crippen molar-refractivity contribution in [2.24, 2.45) is 0 Å².